The van der Waals surface area contributed by atoms with Gasteiger partial charge in [0.2, 0.25) is 0 Å². The third-order valence-corrected chi connectivity index (χ3v) is 4.26. The van der Waals surface area contributed by atoms with Crippen molar-refractivity contribution in [3.63, 3.8) is 0 Å². The second-order valence-corrected chi connectivity index (χ2v) is 5.11. The minimum absolute atomic E-state index is 0.0290. The van der Waals surface area contributed by atoms with Gasteiger partial charge in [-0.2, -0.15) is 0 Å². The summed E-state index contributed by atoms with van der Waals surface area (Å²) in [5.41, 5.74) is 0. The lowest BCUT2D eigenvalue weighted by molar-refractivity contribution is -0.147. The van der Waals surface area contributed by atoms with Gasteiger partial charge in [-0.05, 0) is 38.5 Å². The fourth-order valence-corrected chi connectivity index (χ4v) is 3.78. The van der Waals surface area contributed by atoms with Gasteiger partial charge >= 0.3 is 5.97 Å². The summed E-state index contributed by atoms with van der Waals surface area (Å²) in [4.78, 5) is 34.1. The Balaban J connectivity index is 2.29. The van der Waals surface area contributed by atoms with Gasteiger partial charge in [-0.25, -0.2) is 0 Å². The van der Waals surface area contributed by atoms with E-state index in [2.05, 4.69) is 0 Å². The molecule has 0 aromatic carbocycles. The average Bonchev–Trinajstić information content (AvgIpc) is 2.72. The van der Waals surface area contributed by atoms with E-state index in [4.69, 9.17) is 5.11 Å². The van der Waals surface area contributed by atoms with E-state index in [0.717, 1.165) is 6.42 Å². The number of ketones is 2. The Kier molecular flexibility index (Phi) is 2.60. The number of carbonyl (C=O) groups is 3. The van der Waals surface area contributed by atoms with Crippen LogP contribution < -0.4 is 0 Å². The first-order chi connectivity index (χ1) is 7.43. The first-order valence-electron chi connectivity index (χ1n) is 5.67. The molecule has 4 nitrogen and oxygen atoms in total. The van der Waals surface area contributed by atoms with Crippen molar-refractivity contribution in [1.29, 1.82) is 0 Å². The summed E-state index contributed by atoms with van der Waals surface area (Å²) in [6.45, 7) is 2.98. The number of carboxylic acids is 1. The number of carbonyl (C=O) groups excluding carboxylic acids is 2. The van der Waals surface area contributed by atoms with Crippen LogP contribution >= 0.6 is 0 Å². The normalized spacial score (nSPS) is 41.0. The maximum atomic E-state index is 11.6. The van der Waals surface area contributed by atoms with Crippen LogP contribution in [0.2, 0.25) is 0 Å². The van der Waals surface area contributed by atoms with Crippen LogP contribution in [0.1, 0.15) is 26.7 Å². The predicted molar refractivity (Wildman–Crippen MR) is 55.7 cm³/mol. The molecule has 0 aromatic rings. The molecule has 0 aliphatic heterocycles. The van der Waals surface area contributed by atoms with Gasteiger partial charge in [0.15, 0.2) is 0 Å². The van der Waals surface area contributed by atoms with Crippen LogP contribution in [-0.4, -0.2) is 22.6 Å². The summed E-state index contributed by atoms with van der Waals surface area (Å²) in [5, 5.41) is 9.06. The lowest BCUT2D eigenvalue weighted by atomic mass is 9.71. The number of hydrogen-bond donors (Lipinski definition) is 1. The van der Waals surface area contributed by atoms with Crippen LogP contribution in [0, 0.1) is 29.6 Å². The zero-order chi connectivity index (χ0) is 12.0. The van der Waals surface area contributed by atoms with Gasteiger partial charge in [0.25, 0.3) is 0 Å². The van der Waals surface area contributed by atoms with E-state index < -0.39 is 11.9 Å². The number of rotatable bonds is 3. The Labute approximate surface area is 94.0 Å². The fourth-order valence-electron chi connectivity index (χ4n) is 3.78. The van der Waals surface area contributed by atoms with Gasteiger partial charge in [0.1, 0.15) is 11.6 Å². The summed E-state index contributed by atoms with van der Waals surface area (Å²) >= 11 is 0. The van der Waals surface area contributed by atoms with Crippen LogP contribution in [0.15, 0.2) is 0 Å². The van der Waals surface area contributed by atoms with Crippen LogP contribution in [0.3, 0.4) is 0 Å². The molecule has 2 aliphatic carbocycles. The van der Waals surface area contributed by atoms with Crippen molar-refractivity contribution in [1.82, 2.24) is 0 Å². The van der Waals surface area contributed by atoms with Gasteiger partial charge in [0.05, 0.1) is 5.92 Å². The molecular formula is C12H16O4. The topological polar surface area (TPSA) is 71.4 Å². The second kappa shape index (κ2) is 3.68. The summed E-state index contributed by atoms with van der Waals surface area (Å²) in [7, 11) is 0. The zero-order valence-electron chi connectivity index (χ0n) is 9.47. The Morgan fingerprint density at radius 2 is 1.56 bits per heavy atom. The molecule has 0 aromatic heterocycles. The van der Waals surface area contributed by atoms with E-state index in [1.807, 2.05) is 0 Å². The molecule has 5 unspecified atom stereocenters. The molecule has 2 bridgehead atoms. The highest BCUT2D eigenvalue weighted by atomic mass is 16.4. The minimum Gasteiger partial charge on any atom is -0.481 e. The molecule has 4 heteroatoms. The number of fused-ring (bicyclic) bond motifs is 2. The minimum atomic E-state index is -0.819. The predicted octanol–water partition coefficient (Wildman–Crippen LogP) is 1.14. The smallest absolute Gasteiger partial charge is 0.306 e. The third-order valence-electron chi connectivity index (χ3n) is 4.26. The largest absolute Gasteiger partial charge is 0.481 e. The highest BCUT2D eigenvalue weighted by Gasteiger charge is 2.57. The third kappa shape index (κ3) is 1.47. The van der Waals surface area contributed by atoms with Gasteiger partial charge in [-0.1, -0.05) is 0 Å². The van der Waals surface area contributed by atoms with Crippen molar-refractivity contribution in [3.05, 3.63) is 0 Å². The van der Waals surface area contributed by atoms with Crippen molar-refractivity contribution < 1.29 is 19.5 Å². The number of carboxylic acid groups (broad SMARTS) is 1. The summed E-state index contributed by atoms with van der Waals surface area (Å²) in [6, 6.07) is 0. The maximum absolute atomic E-state index is 11.6. The molecular weight excluding hydrogens is 208 g/mol. The second-order valence-electron chi connectivity index (χ2n) is 5.11. The molecule has 2 aliphatic rings. The first kappa shape index (κ1) is 11.3. The van der Waals surface area contributed by atoms with Crippen LogP contribution in [-0.2, 0) is 14.4 Å². The lowest BCUT2D eigenvalue weighted by Crippen LogP contribution is -2.38. The van der Waals surface area contributed by atoms with Crippen molar-refractivity contribution in [2.24, 2.45) is 29.6 Å². The van der Waals surface area contributed by atoms with E-state index in [9.17, 15) is 14.4 Å². The molecule has 0 spiro atoms. The standard InChI is InChI=1S/C12H16O4/c1-5(13)10-7-3-8(11(10)6(2)14)9(4-7)12(15)16/h7-11H,3-4H2,1-2H3,(H,15,16). The van der Waals surface area contributed by atoms with Crippen molar-refractivity contribution >= 4 is 17.5 Å². The first-order valence-corrected chi connectivity index (χ1v) is 5.67. The van der Waals surface area contributed by atoms with Crippen molar-refractivity contribution in [2.45, 2.75) is 26.7 Å². The molecule has 2 saturated carbocycles. The van der Waals surface area contributed by atoms with Crippen LogP contribution in [0.4, 0.5) is 0 Å². The highest BCUT2D eigenvalue weighted by molar-refractivity contribution is 5.90. The van der Waals surface area contributed by atoms with Crippen molar-refractivity contribution in [3.8, 4) is 0 Å². The number of hydrogen-bond acceptors (Lipinski definition) is 3. The van der Waals surface area contributed by atoms with Gasteiger partial charge < -0.3 is 5.11 Å². The summed E-state index contributed by atoms with van der Waals surface area (Å²) < 4.78 is 0. The molecule has 2 rings (SSSR count). The molecule has 88 valence electrons. The Morgan fingerprint density at radius 3 is 2.00 bits per heavy atom. The number of Topliss-reactive ketones (excluding diaryl/α,β-unsaturated/α-hetero) is 2. The molecule has 0 heterocycles. The van der Waals surface area contributed by atoms with E-state index in [0.29, 0.717) is 6.42 Å². The number of aliphatic carboxylic acids is 1. The molecule has 2 fully saturated rings. The van der Waals surface area contributed by atoms with Crippen molar-refractivity contribution in [2.75, 3.05) is 0 Å². The Bertz CT molecular complexity index is 360. The molecule has 16 heavy (non-hydrogen) atoms. The zero-order valence-corrected chi connectivity index (χ0v) is 9.47. The van der Waals surface area contributed by atoms with E-state index in [-0.39, 0.29) is 35.2 Å². The molecule has 0 amide bonds. The summed E-state index contributed by atoms with van der Waals surface area (Å²) in [6.07, 6.45) is 1.29. The van der Waals surface area contributed by atoms with Crippen LogP contribution in [0.25, 0.3) is 0 Å². The molecule has 1 N–H and O–H groups in total. The quantitative estimate of drug-likeness (QED) is 0.780. The molecule has 0 saturated heterocycles. The Hall–Kier alpha value is -1.19. The van der Waals surface area contributed by atoms with E-state index in [1.165, 1.54) is 13.8 Å². The lowest BCUT2D eigenvalue weighted by Gasteiger charge is -2.30. The maximum Gasteiger partial charge on any atom is 0.306 e. The van der Waals surface area contributed by atoms with E-state index in [1.54, 1.807) is 0 Å². The summed E-state index contributed by atoms with van der Waals surface area (Å²) in [5.74, 6) is -1.81. The van der Waals surface area contributed by atoms with Gasteiger partial charge in [-0.15, -0.1) is 0 Å². The highest BCUT2D eigenvalue weighted by Crippen LogP contribution is 2.55. The SMILES string of the molecule is CC(=O)C1C2CC(C(=O)O)C(C2)C1C(C)=O. The average molecular weight is 224 g/mol. The van der Waals surface area contributed by atoms with Gasteiger partial charge in [-0.3, -0.25) is 14.4 Å². The monoisotopic (exact) mass is 224 g/mol. The van der Waals surface area contributed by atoms with Gasteiger partial charge in [0, 0.05) is 11.8 Å². The molecule has 5 atom stereocenters. The molecule has 0 radical (unpaired) electrons. The fraction of sp³-hybridized carbons (Fsp3) is 0.750. The van der Waals surface area contributed by atoms with E-state index >= 15 is 0 Å². The van der Waals surface area contributed by atoms with Crippen LogP contribution in [0.5, 0.6) is 0 Å². The Morgan fingerprint density at radius 1 is 1.00 bits per heavy atom.